The summed E-state index contributed by atoms with van der Waals surface area (Å²) in [6.45, 7) is 0.146. The first kappa shape index (κ1) is 19.3. The number of benzene rings is 3. The molecule has 144 valence electrons. The molecule has 4 aromatic rings. The molecule has 0 fully saturated rings. The number of aliphatic hydroxyl groups is 1. The Balaban J connectivity index is 1.48. The minimum absolute atomic E-state index is 0.146. The Hall–Kier alpha value is -3.02. The molecular weight excluding hydrogens is 428 g/mol. The van der Waals surface area contributed by atoms with Crippen molar-refractivity contribution < 1.29 is 9.90 Å². The molecule has 0 radical (unpaired) electrons. The molecule has 0 spiro atoms. The summed E-state index contributed by atoms with van der Waals surface area (Å²) in [5.74, 6) is -0.215. The van der Waals surface area contributed by atoms with Gasteiger partial charge in [0.25, 0.3) is 5.91 Å². The van der Waals surface area contributed by atoms with Crippen LogP contribution in [0.5, 0.6) is 0 Å². The Kier molecular flexibility index (Phi) is 5.69. The normalized spacial score (nSPS) is 11.9. The maximum absolute atomic E-state index is 12.6. The van der Waals surface area contributed by atoms with Gasteiger partial charge in [-0.25, -0.2) is 0 Å². The van der Waals surface area contributed by atoms with E-state index in [0.717, 1.165) is 31.9 Å². The number of fused-ring (bicyclic) bond motifs is 1. The van der Waals surface area contributed by atoms with Crippen LogP contribution in [-0.2, 0) is 0 Å². The van der Waals surface area contributed by atoms with Gasteiger partial charge in [-0.05, 0) is 58.5 Å². The number of halogens is 1. The first-order valence-corrected chi connectivity index (χ1v) is 10.1. The molecule has 1 aromatic heterocycles. The number of pyridine rings is 1. The number of carbonyl (C=O) groups is 1. The molecule has 4 rings (SSSR count). The molecule has 0 saturated carbocycles. The van der Waals surface area contributed by atoms with Crippen LogP contribution in [0.25, 0.3) is 21.9 Å². The molecule has 0 bridgehead atoms. The predicted molar refractivity (Wildman–Crippen MR) is 119 cm³/mol. The van der Waals surface area contributed by atoms with Crippen molar-refractivity contribution in [3.05, 3.63) is 101 Å². The quantitative estimate of drug-likeness (QED) is 0.446. The van der Waals surface area contributed by atoms with Crippen LogP contribution in [0, 0.1) is 0 Å². The van der Waals surface area contributed by atoms with E-state index in [2.05, 4.69) is 32.3 Å². The highest BCUT2D eigenvalue weighted by molar-refractivity contribution is 9.10. The van der Waals surface area contributed by atoms with Crippen LogP contribution in [0.3, 0.4) is 0 Å². The van der Waals surface area contributed by atoms with E-state index < -0.39 is 6.10 Å². The molecule has 1 atom stereocenters. The van der Waals surface area contributed by atoms with Crippen LogP contribution < -0.4 is 5.32 Å². The zero-order chi connectivity index (χ0) is 20.2. The standard InChI is InChI=1S/C24H19BrN2O2/c25-22-8-6-16(7-9-22)23(28)15-27-24(29)20-3-1-2-17(13-20)18-4-5-21-14-26-11-10-19(21)12-18/h1-14,23,28H,15H2,(H,27,29). The van der Waals surface area contributed by atoms with Crippen molar-refractivity contribution in [1.82, 2.24) is 10.3 Å². The maximum atomic E-state index is 12.6. The number of aromatic nitrogens is 1. The fraction of sp³-hybridized carbons (Fsp3) is 0.0833. The van der Waals surface area contributed by atoms with Gasteiger partial charge >= 0.3 is 0 Å². The second kappa shape index (κ2) is 8.55. The number of rotatable bonds is 5. The van der Waals surface area contributed by atoms with Crippen LogP contribution >= 0.6 is 15.9 Å². The first-order valence-electron chi connectivity index (χ1n) is 9.26. The molecular formula is C24H19BrN2O2. The lowest BCUT2D eigenvalue weighted by atomic mass is 10.0. The summed E-state index contributed by atoms with van der Waals surface area (Å²) in [5.41, 5.74) is 3.31. The number of hydrogen-bond donors (Lipinski definition) is 2. The smallest absolute Gasteiger partial charge is 0.251 e. The molecule has 4 nitrogen and oxygen atoms in total. The number of nitrogens with one attached hydrogen (secondary N) is 1. The third-order valence-corrected chi connectivity index (χ3v) is 5.34. The molecule has 29 heavy (non-hydrogen) atoms. The van der Waals surface area contributed by atoms with Crippen LogP contribution in [0.4, 0.5) is 0 Å². The lowest BCUT2D eigenvalue weighted by molar-refractivity contribution is 0.0916. The minimum Gasteiger partial charge on any atom is -0.387 e. The van der Waals surface area contributed by atoms with Crippen molar-refractivity contribution in [1.29, 1.82) is 0 Å². The molecule has 0 aliphatic rings. The third kappa shape index (κ3) is 4.53. The molecule has 0 saturated heterocycles. The van der Waals surface area contributed by atoms with E-state index in [4.69, 9.17) is 0 Å². The Morgan fingerprint density at radius 1 is 0.966 bits per heavy atom. The van der Waals surface area contributed by atoms with Crippen LogP contribution in [-0.4, -0.2) is 22.5 Å². The number of aliphatic hydroxyl groups excluding tert-OH is 1. The molecule has 0 aliphatic heterocycles. The summed E-state index contributed by atoms with van der Waals surface area (Å²) in [4.78, 5) is 16.7. The minimum atomic E-state index is -0.760. The van der Waals surface area contributed by atoms with E-state index in [1.165, 1.54) is 0 Å². The average molecular weight is 447 g/mol. The van der Waals surface area contributed by atoms with Crippen molar-refractivity contribution in [2.75, 3.05) is 6.54 Å². The van der Waals surface area contributed by atoms with Crippen molar-refractivity contribution in [2.45, 2.75) is 6.10 Å². The topological polar surface area (TPSA) is 62.2 Å². The van der Waals surface area contributed by atoms with Gasteiger partial charge in [0.05, 0.1) is 6.10 Å². The van der Waals surface area contributed by atoms with Gasteiger partial charge in [0.15, 0.2) is 0 Å². The SMILES string of the molecule is O=C(NCC(O)c1ccc(Br)cc1)c1cccc(-c2ccc3cnccc3c2)c1. The summed E-state index contributed by atoms with van der Waals surface area (Å²) < 4.78 is 0.944. The lowest BCUT2D eigenvalue weighted by Gasteiger charge is -2.13. The highest BCUT2D eigenvalue weighted by Crippen LogP contribution is 2.25. The Bertz CT molecular complexity index is 1160. The first-order chi connectivity index (χ1) is 14.1. The average Bonchev–Trinajstić information content (AvgIpc) is 2.77. The van der Waals surface area contributed by atoms with E-state index in [9.17, 15) is 9.90 Å². The van der Waals surface area contributed by atoms with Crippen molar-refractivity contribution in [2.24, 2.45) is 0 Å². The van der Waals surface area contributed by atoms with E-state index in [1.54, 1.807) is 12.3 Å². The Labute approximate surface area is 177 Å². The second-order valence-electron chi connectivity index (χ2n) is 6.80. The van der Waals surface area contributed by atoms with E-state index in [1.807, 2.05) is 66.9 Å². The van der Waals surface area contributed by atoms with Gasteiger partial charge in [0.1, 0.15) is 0 Å². The zero-order valence-electron chi connectivity index (χ0n) is 15.5. The van der Waals surface area contributed by atoms with Gasteiger partial charge in [0.2, 0.25) is 0 Å². The highest BCUT2D eigenvalue weighted by atomic mass is 79.9. The summed E-state index contributed by atoms with van der Waals surface area (Å²) >= 11 is 3.37. The van der Waals surface area contributed by atoms with Crippen LogP contribution in [0.1, 0.15) is 22.0 Å². The molecule has 1 unspecified atom stereocenters. The molecule has 0 aliphatic carbocycles. The predicted octanol–water partition coefficient (Wildman–Crippen LogP) is 5.13. The number of nitrogens with zero attached hydrogens (tertiary/aromatic N) is 1. The molecule has 2 N–H and O–H groups in total. The second-order valence-corrected chi connectivity index (χ2v) is 7.71. The molecule has 1 heterocycles. The van der Waals surface area contributed by atoms with Gasteiger partial charge in [-0.2, -0.15) is 0 Å². The Morgan fingerprint density at radius 3 is 2.59 bits per heavy atom. The molecule has 5 heteroatoms. The number of hydrogen-bond acceptors (Lipinski definition) is 3. The van der Waals surface area contributed by atoms with Crippen LogP contribution in [0.15, 0.2) is 89.7 Å². The number of carbonyl (C=O) groups excluding carboxylic acids is 1. The molecule has 3 aromatic carbocycles. The maximum Gasteiger partial charge on any atom is 0.251 e. The van der Waals surface area contributed by atoms with Crippen molar-refractivity contribution in [3.63, 3.8) is 0 Å². The van der Waals surface area contributed by atoms with E-state index in [0.29, 0.717) is 5.56 Å². The highest BCUT2D eigenvalue weighted by Gasteiger charge is 2.12. The van der Waals surface area contributed by atoms with Gasteiger partial charge in [-0.1, -0.05) is 52.3 Å². The third-order valence-electron chi connectivity index (χ3n) is 4.81. The summed E-state index contributed by atoms with van der Waals surface area (Å²) in [6.07, 6.45) is 2.84. The van der Waals surface area contributed by atoms with Gasteiger partial charge in [-0.3, -0.25) is 9.78 Å². The fourth-order valence-corrected chi connectivity index (χ4v) is 3.46. The van der Waals surface area contributed by atoms with Gasteiger partial charge in [-0.15, -0.1) is 0 Å². The molecule has 1 amide bonds. The summed E-state index contributed by atoms with van der Waals surface area (Å²) in [7, 11) is 0. The summed E-state index contributed by atoms with van der Waals surface area (Å²) in [6, 6.07) is 23.0. The lowest BCUT2D eigenvalue weighted by Crippen LogP contribution is -2.28. The monoisotopic (exact) mass is 446 g/mol. The number of amides is 1. The Morgan fingerprint density at radius 2 is 1.76 bits per heavy atom. The van der Waals surface area contributed by atoms with Gasteiger partial charge < -0.3 is 10.4 Å². The van der Waals surface area contributed by atoms with Gasteiger partial charge in [0, 0.05) is 34.4 Å². The van der Waals surface area contributed by atoms with E-state index >= 15 is 0 Å². The van der Waals surface area contributed by atoms with Crippen molar-refractivity contribution >= 4 is 32.6 Å². The zero-order valence-corrected chi connectivity index (χ0v) is 17.1. The fourth-order valence-electron chi connectivity index (χ4n) is 3.20. The largest absolute Gasteiger partial charge is 0.387 e. The van der Waals surface area contributed by atoms with E-state index in [-0.39, 0.29) is 12.5 Å². The van der Waals surface area contributed by atoms with Crippen molar-refractivity contribution in [3.8, 4) is 11.1 Å². The van der Waals surface area contributed by atoms with Crippen LogP contribution in [0.2, 0.25) is 0 Å². The summed E-state index contributed by atoms with van der Waals surface area (Å²) in [5, 5.41) is 15.3.